The van der Waals surface area contributed by atoms with Gasteiger partial charge in [0.2, 0.25) is 5.91 Å². The normalized spacial score (nSPS) is 12.0. The third-order valence-corrected chi connectivity index (χ3v) is 3.08. The van der Waals surface area contributed by atoms with Crippen LogP contribution in [0, 0.1) is 11.6 Å². The highest BCUT2D eigenvalue weighted by atomic mass is 35.5. The molecule has 0 aliphatic rings. The standard InChI is InChI=1S/C14H13ClF2N2O2/c1-8(14(20)18-7-10-3-2-4-21-10)19-13-11(15)5-9(16)6-12(13)17/h2-6,8,19H,7H2,1H3,(H,18,20). The first-order valence-electron chi connectivity index (χ1n) is 6.18. The van der Waals surface area contributed by atoms with Gasteiger partial charge in [0, 0.05) is 6.07 Å². The molecular formula is C14H13ClF2N2O2. The van der Waals surface area contributed by atoms with Gasteiger partial charge in [-0.05, 0) is 25.1 Å². The summed E-state index contributed by atoms with van der Waals surface area (Å²) in [7, 11) is 0. The predicted molar refractivity (Wildman–Crippen MR) is 75.0 cm³/mol. The van der Waals surface area contributed by atoms with Crippen LogP contribution < -0.4 is 10.6 Å². The Bertz CT molecular complexity index is 609. The van der Waals surface area contributed by atoms with Gasteiger partial charge < -0.3 is 15.1 Å². The van der Waals surface area contributed by atoms with Crippen LogP contribution in [-0.2, 0) is 11.3 Å². The van der Waals surface area contributed by atoms with Crippen LogP contribution in [0.4, 0.5) is 14.5 Å². The summed E-state index contributed by atoms with van der Waals surface area (Å²) in [5.74, 6) is -1.41. The molecule has 112 valence electrons. The third-order valence-electron chi connectivity index (χ3n) is 2.78. The Labute approximate surface area is 125 Å². The average molecular weight is 315 g/mol. The van der Waals surface area contributed by atoms with Gasteiger partial charge in [-0.2, -0.15) is 0 Å². The summed E-state index contributed by atoms with van der Waals surface area (Å²) in [4.78, 5) is 11.9. The molecule has 1 aromatic carbocycles. The van der Waals surface area contributed by atoms with Crippen LogP contribution in [0.2, 0.25) is 5.02 Å². The fourth-order valence-electron chi connectivity index (χ4n) is 1.70. The average Bonchev–Trinajstić information content (AvgIpc) is 2.93. The van der Waals surface area contributed by atoms with Crippen LogP contribution in [-0.4, -0.2) is 11.9 Å². The minimum atomic E-state index is -0.856. The van der Waals surface area contributed by atoms with Crippen molar-refractivity contribution in [3.05, 3.63) is 52.9 Å². The topological polar surface area (TPSA) is 54.3 Å². The van der Waals surface area contributed by atoms with Gasteiger partial charge in [-0.15, -0.1) is 0 Å². The number of nitrogens with one attached hydrogen (secondary N) is 2. The van der Waals surface area contributed by atoms with Gasteiger partial charge >= 0.3 is 0 Å². The van der Waals surface area contributed by atoms with Crippen molar-refractivity contribution < 1.29 is 18.0 Å². The molecule has 2 N–H and O–H groups in total. The Morgan fingerprint density at radius 3 is 2.81 bits per heavy atom. The second kappa shape index (κ2) is 6.58. The molecule has 1 amide bonds. The Hall–Kier alpha value is -2.08. The van der Waals surface area contributed by atoms with Gasteiger partial charge in [0.15, 0.2) is 5.82 Å². The maximum absolute atomic E-state index is 13.6. The number of benzene rings is 1. The molecule has 0 spiro atoms. The summed E-state index contributed by atoms with van der Waals surface area (Å²) in [5.41, 5.74) is -0.112. The number of rotatable bonds is 5. The first kappa shape index (κ1) is 15.3. The summed E-state index contributed by atoms with van der Waals surface area (Å²) in [6, 6.07) is 4.34. The molecule has 2 rings (SSSR count). The second-order valence-electron chi connectivity index (χ2n) is 4.41. The summed E-state index contributed by atoms with van der Waals surface area (Å²) in [5, 5.41) is 5.11. The molecule has 0 saturated heterocycles. The highest BCUT2D eigenvalue weighted by Gasteiger charge is 2.17. The van der Waals surface area contributed by atoms with E-state index in [2.05, 4.69) is 10.6 Å². The Kier molecular flexibility index (Phi) is 4.80. The van der Waals surface area contributed by atoms with E-state index in [1.54, 1.807) is 12.1 Å². The van der Waals surface area contributed by atoms with E-state index in [0.717, 1.165) is 6.07 Å². The molecule has 4 nitrogen and oxygen atoms in total. The molecule has 21 heavy (non-hydrogen) atoms. The van der Waals surface area contributed by atoms with E-state index in [1.807, 2.05) is 0 Å². The first-order valence-corrected chi connectivity index (χ1v) is 6.56. The van der Waals surface area contributed by atoms with Crippen molar-refractivity contribution in [1.29, 1.82) is 0 Å². The van der Waals surface area contributed by atoms with Crippen molar-refractivity contribution >= 4 is 23.2 Å². The number of carbonyl (C=O) groups excluding carboxylic acids is 1. The largest absolute Gasteiger partial charge is 0.467 e. The third kappa shape index (κ3) is 3.95. The maximum atomic E-state index is 13.6. The van der Waals surface area contributed by atoms with Gasteiger partial charge in [-0.1, -0.05) is 11.6 Å². The molecule has 0 bridgehead atoms. The highest BCUT2D eigenvalue weighted by molar-refractivity contribution is 6.33. The summed E-state index contributed by atoms with van der Waals surface area (Å²) >= 11 is 5.75. The fourth-order valence-corrected chi connectivity index (χ4v) is 1.95. The zero-order valence-corrected chi connectivity index (χ0v) is 11.9. The lowest BCUT2D eigenvalue weighted by Crippen LogP contribution is -2.37. The van der Waals surface area contributed by atoms with E-state index in [-0.39, 0.29) is 23.2 Å². The molecule has 2 aromatic rings. The fraction of sp³-hybridized carbons (Fsp3) is 0.214. The zero-order valence-electron chi connectivity index (χ0n) is 11.1. The quantitative estimate of drug-likeness (QED) is 0.890. The highest BCUT2D eigenvalue weighted by Crippen LogP contribution is 2.26. The van der Waals surface area contributed by atoms with E-state index in [4.69, 9.17) is 16.0 Å². The lowest BCUT2D eigenvalue weighted by molar-refractivity contribution is -0.121. The SMILES string of the molecule is CC(Nc1c(F)cc(F)cc1Cl)C(=O)NCc1ccco1. The number of hydrogen-bond acceptors (Lipinski definition) is 3. The molecule has 1 heterocycles. The number of amides is 1. The van der Waals surface area contributed by atoms with Crippen molar-refractivity contribution in [2.45, 2.75) is 19.5 Å². The summed E-state index contributed by atoms with van der Waals surface area (Å²) in [6.45, 7) is 1.76. The Morgan fingerprint density at radius 2 is 2.19 bits per heavy atom. The Balaban J connectivity index is 1.97. The van der Waals surface area contributed by atoms with Gasteiger partial charge in [-0.25, -0.2) is 8.78 Å². The lowest BCUT2D eigenvalue weighted by Gasteiger charge is -2.16. The van der Waals surface area contributed by atoms with Crippen molar-refractivity contribution in [1.82, 2.24) is 5.32 Å². The predicted octanol–water partition coefficient (Wildman–Crippen LogP) is 3.33. The van der Waals surface area contributed by atoms with E-state index in [0.29, 0.717) is 11.8 Å². The molecule has 7 heteroatoms. The van der Waals surface area contributed by atoms with Crippen LogP contribution in [0.3, 0.4) is 0 Å². The number of anilines is 1. The molecule has 0 aliphatic heterocycles. The number of hydrogen-bond donors (Lipinski definition) is 2. The molecule has 1 aromatic heterocycles. The molecule has 0 saturated carbocycles. The van der Waals surface area contributed by atoms with Crippen molar-refractivity contribution in [3.63, 3.8) is 0 Å². The van der Waals surface area contributed by atoms with Gasteiger partial charge in [0.1, 0.15) is 17.6 Å². The summed E-state index contributed by atoms with van der Waals surface area (Å²) < 4.78 is 31.6. The van der Waals surface area contributed by atoms with Crippen LogP contribution in [0.25, 0.3) is 0 Å². The number of carbonyl (C=O) groups is 1. The van der Waals surface area contributed by atoms with Crippen LogP contribution in [0.15, 0.2) is 34.9 Å². The van der Waals surface area contributed by atoms with Gasteiger partial charge in [-0.3, -0.25) is 4.79 Å². The van der Waals surface area contributed by atoms with E-state index >= 15 is 0 Å². The molecule has 0 fully saturated rings. The van der Waals surface area contributed by atoms with Crippen molar-refractivity contribution in [2.75, 3.05) is 5.32 Å². The van der Waals surface area contributed by atoms with E-state index in [1.165, 1.54) is 13.2 Å². The van der Waals surface area contributed by atoms with Crippen LogP contribution >= 0.6 is 11.6 Å². The van der Waals surface area contributed by atoms with Gasteiger partial charge in [0.05, 0.1) is 23.5 Å². The Morgan fingerprint density at radius 1 is 1.43 bits per heavy atom. The minimum Gasteiger partial charge on any atom is -0.467 e. The number of furan rings is 1. The lowest BCUT2D eigenvalue weighted by atomic mass is 10.2. The first-order chi connectivity index (χ1) is 9.97. The second-order valence-corrected chi connectivity index (χ2v) is 4.81. The van der Waals surface area contributed by atoms with Crippen LogP contribution in [0.5, 0.6) is 0 Å². The van der Waals surface area contributed by atoms with E-state index < -0.39 is 17.7 Å². The minimum absolute atomic E-state index is 0.112. The zero-order chi connectivity index (χ0) is 15.4. The van der Waals surface area contributed by atoms with Crippen molar-refractivity contribution in [2.24, 2.45) is 0 Å². The number of halogens is 3. The smallest absolute Gasteiger partial charge is 0.242 e. The van der Waals surface area contributed by atoms with E-state index in [9.17, 15) is 13.6 Å². The monoisotopic (exact) mass is 314 g/mol. The van der Waals surface area contributed by atoms with Crippen LogP contribution in [0.1, 0.15) is 12.7 Å². The molecule has 0 aliphatic carbocycles. The molecule has 1 atom stereocenters. The van der Waals surface area contributed by atoms with Crippen molar-refractivity contribution in [3.8, 4) is 0 Å². The molecular weight excluding hydrogens is 302 g/mol. The van der Waals surface area contributed by atoms with Gasteiger partial charge in [0.25, 0.3) is 0 Å². The molecule has 0 radical (unpaired) electrons. The summed E-state index contributed by atoms with van der Waals surface area (Å²) in [6.07, 6.45) is 1.50. The molecule has 1 unspecified atom stereocenters. The maximum Gasteiger partial charge on any atom is 0.242 e.